The third-order valence-electron chi connectivity index (χ3n) is 2.35. The molecular weight excluding hydrogens is 202 g/mol. The Morgan fingerprint density at radius 3 is 2.81 bits per heavy atom. The number of pyridine rings is 2. The SMILES string of the molecule is NCc1ccn(Cc2ccccn2)c(=O)c1. The molecule has 0 radical (unpaired) electrons. The van der Waals surface area contributed by atoms with E-state index in [1.54, 1.807) is 23.0 Å². The summed E-state index contributed by atoms with van der Waals surface area (Å²) >= 11 is 0. The van der Waals surface area contributed by atoms with Crippen LogP contribution in [0.3, 0.4) is 0 Å². The molecule has 0 aliphatic carbocycles. The van der Waals surface area contributed by atoms with E-state index in [1.165, 1.54) is 0 Å². The van der Waals surface area contributed by atoms with Gasteiger partial charge in [-0.1, -0.05) is 6.07 Å². The summed E-state index contributed by atoms with van der Waals surface area (Å²) in [5.74, 6) is 0. The highest BCUT2D eigenvalue weighted by molar-refractivity contribution is 5.12. The van der Waals surface area contributed by atoms with Crippen molar-refractivity contribution < 1.29 is 0 Å². The van der Waals surface area contributed by atoms with E-state index in [4.69, 9.17) is 5.73 Å². The molecule has 0 saturated carbocycles. The standard InChI is InChI=1S/C12H13N3O/c13-8-10-4-6-15(12(16)7-10)9-11-3-1-2-5-14-11/h1-7H,8-9,13H2. The Labute approximate surface area is 93.4 Å². The molecule has 0 bridgehead atoms. The van der Waals surface area contributed by atoms with E-state index in [-0.39, 0.29) is 5.56 Å². The summed E-state index contributed by atoms with van der Waals surface area (Å²) in [5.41, 5.74) is 7.13. The van der Waals surface area contributed by atoms with Crippen molar-refractivity contribution in [2.75, 3.05) is 0 Å². The maximum Gasteiger partial charge on any atom is 0.251 e. The minimum Gasteiger partial charge on any atom is -0.326 e. The van der Waals surface area contributed by atoms with E-state index in [1.807, 2.05) is 24.3 Å². The summed E-state index contributed by atoms with van der Waals surface area (Å²) in [7, 11) is 0. The molecule has 2 N–H and O–H groups in total. The maximum atomic E-state index is 11.7. The number of nitrogens with zero attached hydrogens (tertiary/aromatic N) is 2. The average Bonchev–Trinajstić information content (AvgIpc) is 2.33. The topological polar surface area (TPSA) is 60.9 Å². The van der Waals surface area contributed by atoms with Gasteiger partial charge in [0, 0.05) is 25.0 Å². The number of nitrogens with two attached hydrogens (primary N) is 1. The highest BCUT2D eigenvalue weighted by Gasteiger charge is 1.99. The summed E-state index contributed by atoms with van der Waals surface area (Å²) in [4.78, 5) is 15.9. The van der Waals surface area contributed by atoms with Crippen molar-refractivity contribution in [3.05, 3.63) is 64.3 Å². The lowest BCUT2D eigenvalue weighted by molar-refractivity contribution is 0.735. The number of hydrogen-bond acceptors (Lipinski definition) is 3. The Balaban J connectivity index is 2.26. The molecule has 0 aliphatic heterocycles. The number of rotatable bonds is 3. The summed E-state index contributed by atoms with van der Waals surface area (Å²) in [5, 5.41) is 0. The predicted molar refractivity (Wildman–Crippen MR) is 61.9 cm³/mol. The van der Waals surface area contributed by atoms with Crippen LogP contribution >= 0.6 is 0 Å². The van der Waals surface area contributed by atoms with Crippen LogP contribution in [-0.2, 0) is 13.1 Å². The Morgan fingerprint density at radius 1 is 1.31 bits per heavy atom. The van der Waals surface area contributed by atoms with Gasteiger partial charge in [-0.3, -0.25) is 9.78 Å². The lowest BCUT2D eigenvalue weighted by Crippen LogP contribution is -2.20. The van der Waals surface area contributed by atoms with Crippen molar-refractivity contribution >= 4 is 0 Å². The monoisotopic (exact) mass is 215 g/mol. The van der Waals surface area contributed by atoms with E-state index in [2.05, 4.69) is 4.98 Å². The molecule has 2 aromatic heterocycles. The van der Waals surface area contributed by atoms with Crippen LogP contribution in [0, 0.1) is 0 Å². The first-order valence-corrected chi connectivity index (χ1v) is 5.09. The Bertz CT molecular complexity index is 519. The van der Waals surface area contributed by atoms with Crippen LogP contribution in [0.2, 0.25) is 0 Å². The van der Waals surface area contributed by atoms with Gasteiger partial charge in [0.1, 0.15) is 0 Å². The lowest BCUT2D eigenvalue weighted by atomic mass is 10.2. The van der Waals surface area contributed by atoms with Crippen molar-refractivity contribution in [3.8, 4) is 0 Å². The van der Waals surface area contributed by atoms with Crippen molar-refractivity contribution in [1.29, 1.82) is 0 Å². The van der Waals surface area contributed by atoms with E-state index in [0.717, 1.165) is 11.3 Å². The average molecular weight is 215 g/mol. The number of aromatic nitrogens is 2. The molecule has 2 aromatic rings. The molecular formula is C12H13N3O. The summed E-state index contributed by atoms with van der Waals surface area (Å²) in [6.45, 7) is 0.879. The van der Waals surface area contributed by atoms with Crippen LogP contribution in [0.4, 0.5) is 0 Å². The zero-order valence-electron chi connectivity index (χ0n) is 8.84. The normalized spacial score (nSPS) is 10.3. The third-order valence-corrected chi connectivity index (χ3v) is 2.35. The minimum absolute atomic E-state index is 0.0476. The van der Waals surface area contributed by atoms with Crippen molar-refractivity contribution in [2.24, 2.45) is 5.73 Å². The molecule has 0 fully saturated rings. The molecule has 2 rings (SSSR count). The van der Waals surface area contributed by atoms with Crippen molar-refractivity contribution in [1.82, 2.24) is 9.55 Å². The van der Waals surface area contributed by atoms with Gasteiger partial charge in [-0.15, -0.1) is 0 Å². The minimum atomic E-state index is -0.0476. The van der Waals surface area contributed by atoms with Gasteiger partial charge in [0.25, 0.3) is 5.56 Å². The fraction of sp³-hybridized carbons (Fsp3) is 0.167. The van der Waals surface area contributed by atoms with E-state index < -0.39 is 0 Å². The van der Waals surface area contributed by atoms with Crippen LogP contribution in [0.15, 0.2) is 47.5 Å². The molecule has 0 amide bonds. The van der Waals surface area contributed by atoms with Gasteiger partial charge >= 0.3 is 0 Å². The van der Waals surface area contributed by atoms with Gasteiger partial charge < -0.3 is 10.3 Å². The summed E-state index contributed by atoms with van der Waals surface area (Å²) in [6.07, 6.45) is 3.47. The molecule has 4 heteroatoms. The molecule has 82 valence electrons. The van der Waals surface area contributed by atoms with Crippen molar-refractivity contribution in [2.45, 2.75) is 13.1 Å². The van der Waals surface area contributed by atoms with E-state index in [9.17, 15) is 4.79 Å². The first-order valence-electron chi connectivity index (χ1n) is 5.09. The first-order chi connectivity index (χ1) is 7.79. The second-order valence-corrected chi connectivity index (χ2v) is 3.53. The fourth-order valence-electron chi connectivity index (χ4n) is 1.47. The second kappa shape index (κ2) is 4.72. The van der Waals surface area contributed by atoms with Crippen LogP contribution in [0.1, 0.15) is 11.3 Å². The molecule has 0 atom stereocenters. The largest absolute Gasteiger partial charge is 0.326 e. The highest BCUT2D eigenvalue weighted by Crippen LogP contribution is 1.98. The van der Waals surface area contributed by atoms with Crippen LogP contribution in [0.25, 0.3) is 0 Å². The Kier molecular flexibility index (Phi) is 3.12. The van der Waals surface area contributed by atoms with Gasteiger partial charge in [0.2, 0.25) is 0 Å². The molecule has 0 aliphatic rings. The molecule has 0 aromatic carbocycles. The Morgan fingerprint density at radius 2 is 2.19 bits per heavy atom. The van der Waals surface area contributed by atoms with Crippen LogP contribution in [0.5, 0.6) is 0 Å². The maximum absolute atomic E-state index is 11.7. The Hall–Kier alpha value is -1.94. The van der Waals surface area contributed by atoms with Crippen LogP contribution < -0.4 is 11.3 Å². The smallest absolute Gasteiger partial charge is 0.251 e. The van der Waals surface area contributed by atoms with E-state index >= 15 is 0 Å². The second-order valence-electron chi connectivity index (χ2n) is 3.53. The molecule has 16 heavy (non-hydrogen) atoms. The predicted octanol–water partition coefficient (Wildman–Crippen LogP) is 0.750. The molecule has 0 spiro atoms. The van der Waals surface area contributed by atoms with Gasteiger partial charge in [-0.25, -0.2) is 0 Å². The molecule has 4 nitrogen and oxygen atoms in total. The zero-order valence-corrected chi connectivity index (χ0v) is 8.84. The summed E-state index contributed by atoms with van der Waals surface area (Å²) < 4.78 is 1.61. The van der Waals surface area contributed by atoms with E-state index in [0.29, 0.717) is 13.1 Å². The van der Waals surface area contributed by atoms with Gasteiger partial charge in [-0.2, -0.15) is 0 Å². The van der Waals surface area contributed by atoms with Crippen molar-refractivity contribution in [3.63, 3.8) is 0 Å². The fourth-order valence-corrected chi connectivity index (χ4v) is 1.47. The summed E-state index contributed by atoms with van der Waals surface area (Å²) in [6, 6.07) is 9.06. The number of hydrogen-bond donors (Lipinski definition) is 1. The lowest BCUT2D eigenvalue weighted by Gasteiger charge is -2.05. The first kappa shape index (κ1) is 10.6. The highest BCUT2D eigenvalue weighted by atomic mass is 16.1. The molecule has 2 heterocycles. The van der Waals surface area contributed by atoms with Crippen LogP contribution in [-0.4, -0.2) is 9.55 Å². The van der Waals surface area contributed by atoms with Gasteiger partial charge in [0.05, 0.1) is 12.2 Å². The van der Waals surface area contributed by atoms with Gasteiger partial charge in [0.15, 0.2) is 0 Å². The molecule has 0 unspecified atom stereocenters. The quantitative estimate of drug-likeness (QED) is 0.821. The zero-order chi connectivity index (χ0) is 11.4. The van der Waals surface area contributed by atoms with Gasteiger partial charge in [-0.05, 0) is 23.8 Å². The third kappa shape index (κ3) is 2.35. The molecule has 0 saturated heterocycles.